The summed E-state index contributed by atoms with van der Waals surface area (Å²) in [7, 11) is 1.92. The zero-order chi connectivity index (χ0) is 12.7. The molecule has 0 bridgehead atoms. The van der Waals surface area contributed by atoms with Crippen LogP contribution in [0.5, 0.6) is 0 Å². The van der Waals surface area contributed by atoms with Crippen LogP contribution in [0.15, 0.2) is 30.7 Å². The molecule has 3 aromatic heterocycles. The lowest BCUT2D eigenvalue weighted by atomic mass is 10.0. The summed E-state index contributed by atoms with van der Waals surface area (Å²) in [6.45, 7) is 4.40. The summed E-state index contributed by atoms with van der Waals surface area (Å²) < 4.78 is 1.80. The highest BCUT2D eigenvalue weighted by atomic mass is 15.2. The van der Waals surface area contributed by atoms with E-state index in [1.165, 1.54) is 10.9 Å². The van der Waals surface area contributed by atoms with Crippen molar-refractivity contribution < 1.29 is 0 Å². The van der Waals surface area contributed by atoms with Gasteiger partial charge in [0.05, 0.1) is 11.9 Å². The van der Waals surface area contributed by atoms with Crippen molar-refractivity contribution in [2.24, 2.45) is 7.05 Å². The predicted molar refractivity (Wildman–Crippen MR) is 72.4 cm³/mol. The van der Waals surface area contributed by atoms with E-state index in [0.717, 1.165) is 16.9 Å². The van der Waals surface area contributed by atoms with E-state index in [1.54, 1.807) is 4.68 Å². The first-order valence-corrected chi connectivity index (χ1v) is 6.12. The lowest BCUT2D eigenvalue weighted by Gasteiger charge is -2.05. The molecule has 3 heterocycles. The van der Waals surface area contributed by atoms with E-state index in [2.05, 4.69) is 41.0 Å². The van der Waals surface area contributed by atoms with Gasteiger partial charge in [0.1, 0.15) is 5.65 Å². The van der Waals surface area contributed by atoms with Crippen molar-refractivity contribution >= 4 is 11.0 Å². The molecular formula is C14H16N4. The quantitative estimate of drug-likeness (QED) is 0.748. The van der Waals surface area contributed by atoms with Crippen molar-refractivity contribution in [1.29, 1.82) is 0 Å². The Morgan fingerprint density at radius 2 is 2.17 bits per heavy atom. The lowest BCUT2D eigenvalue weighted by Crippen LogP contribution is -1.88. The molecule has 0 aromatic carbocycles. The molecule has 0 spiro atoms. The van der Waals surface area contributed by atoms with Gasteiger partial charge in [-0.3, -0.25) is 4.68 Å². The highest BCUT2D eigenvalue weighted by Crippen LogP contribution is 2.28. The second kappa shape index (κ2) is 3.98. The van der Waals surface area contributed by atoms with Crippen molar-refractivity contribution in [3.05, 3.63) is 36.3 Å². The number of hydrogen-bond donors (Lipinski definition) is 1. The van der Waals surface area contributed by atoms with Crippen LogP contribution < -0.4 is 0 Å². The molecule has 4 nitrogen and oxygen atoms in total. The van der Waals surface area contributed by atoms with Gasteiger partial charge in [-0.1, -0.05) is 13.8 Å². The Balaban J connectivity index is 2.19. The van der Waals surface area contributed by atoms with Gasteiger partial charge in [0.2, 0.25) is 0 Å². The van der Waals surface area contributed by atoms with Gasteiger partial charge >= 0.3 is 0 Å². The number of hydrogen-bond acceptors (Lipinski definition) is 2. The van der Waals surface area contributed by atoms with E-state index in [-0.39, 0.29) is 0 Å². The van der Waals surface area contributed by atoms with Crippen molar-refractivity contribution in [3.63, 3.8) is 0 Å². The fourth-order valence-corrected chi connectivity index (χ4v) is 2.27. The average molecular weight is 240 g/mol. The summed E-state index contributed by atoms with van der Waals surface area (Å²) in [5.41, 5.74) is 4.43. The number of pyridine rings is 1. The maximum Gasteiger partial charge on any atom is 0.137 e. The van der Waals surface area contributed by atoms with Gasteiger partial charge in [-0.15, -0.1) is 0 Å². The third kappa shape index (κ3) is 1.70. The van der Waals surface area contributed by atoms with Gasteiger partial charge in [-0.25, -0.2) is 4.98 Å². The molecule has 3 rings (SSSR count). The van der Waals surface area contributed by atoms with Crippen molar-refractivity contribution in [2.75, 3.05) is 0 Å². The molecule has 0 radical (unpaired) electrons. The van der Waals surface area contributed by atoms with Crippen LogP contribution in [0.25, 0.3) is 22.3 Å². The Kier molecular flexibility index (Phi) is 2.44. The topological polar surface area (TPSA) is 46.5 Å². The molecule has 0 saturated heterocycles. The molecule has 0 saturated carbocycles. The van der Waals surface area contributed by atoms with Gasteiger partial charge in [0, 0.05) is 30.4 Å². The first kappa shape index (κ1) is 11.0. The summed E-state index contributed by atoms with van der Waals surface area (Å²) in [5.74, 6) is 0.494. The largest absolute Gasteiger partial charge is 0.339 e. The van der Waals surface area contributed by atoms with Gasteiger partial charge in [0.25, 0.3) is 0 Å². The second-order valence-electron chi connectivity index (χ2n) is 4.90. The fraction of sp³-hybridized carbons (Fsp3) is 0.286. The number of fused-ring (bicyclic) bond motifs is 1. The van der Waals surface area contributed by atoms with Crippen LogP contribution in [-0.2, 0) is 7.05 Å². The number of aryl methyl sites for hydroxylation is 1. The second-order valence-corrected chi connectivity index (χ2v) is 4.90. The van der Waals surface area contributed by atoms with E-state index in [4.69, 9.17) is 0 Å². The zero-order valence-corrected chi connectivity index (χ0v) is 10.8. The van der Waals surface area contributed by atoms with Crippen molar-refractivity contribution in [3.8, 4) is 11.3 Å². The molecular weight excluding hydrogens is 224 g/mol. The molecule has 0 atom stereocenters. The number of H-pyrrole nitrogens is 1. The minimum absolute atomic E-state index is 0.494. The van der Waals surface area contributed by atoms with E-state index in [1.807, 2.05) is 25.6 Å². The summed E-state index contributed by atoms with van der Waals surface area (Å²) in [6, 6.07) is 4.25. The molecule has 18 heavy (non-hydrogen) atoms. The molecule has 0 aliphatic heterocycles. The number of nitrogens with zero attached hydrogens (tertiary/aromatic N) is 3. The third-order valence-corrected chi connectivity index (χ3v) is 3.20. The fourth-order valence-electron chi connectivity index (χ4n) is 2.27. The minimum Gasteiger partial charge on any atom is -0.339 e. The summed E-state index contributed by atoms with van der Waals surface area (Å²) in [4.78, 5) is 7.75. The van der Waals surface area contributed by atoms with E-state index in [0.29, 0.717) is 5.92 Å². The summed E-state index contributed by atoms with van der Waals surface area (Å²) in [6.07, 6.45) is 5.72. The van der Waals surface area contributed by atoms with Crippen LogP contribution in [0.3, 0.4) is 0 Å². The van der Waals surface area contributed by atoms with Gasteiger partial charge < -0.3 is 4.98 Å². The van der Waals surface area contributed by atoms with Crippen LogP contribution in [0.2, 0.25) is 0 Å². The Labute approximate surface area is 106 Å². The van der Waals surface area contributed by atoms with Crippen LogP contribution >= 0.6 is 0 Å². The Bertz CT molecular complexity index is 691. The van der Waals surface area contributed by atoms with Gasteiger partial charge in [0.15, 0.2) is 0 Å². The minimum atomic E-state index is 0.494. The number of aromatic nitrogens is 4. The Morgan fingerprint density at radius 1 is 1.33 bits per heavy atom. The van der Waals surface area contributed by atoms with Crippen LogP contribution in [0.1, 0.15) is 25.3 Å². The molecule has 0 amide bonds. The molecule has 0 unspecified atom stereocenters. The van der Waals surface area contributed by atoms with Gasteiger partial charge in [-0.05, 0) is 23.6 Å². The van der Waals surface area contributed by atoms with Gasteiger partial charge in [-0.2, -0.15) is 5.10 Å². The first-order chi connectivity index (χ1) is 8.65. The predicted octanol–water partition coefficient (Wildman–Crippen LogP) is 3.09. The molecule has 0 aliphatic rings. The van der Waals surface area contributed by atoms with Crippen LogP contribution in [0.4, 0.5) is 0 Å². The lowest BCUT2D eigenvalue weighted by molar-refractivity contribution is 0.768. The molecule has 3 aromatic rings. The molecule has 92 valence electrons. The summed E-state index contributed by atoms with van der Waals surface area (Å²) >= 11 is 0. The smallest absolute Gasteiger partial charge is 0.137 e. The molecule has 0 aliphatic carbocycles. The van der Waals surface area contributed by atoms with E-state index < -0.39 is 0 Å². The molecule has 1 N–H and O–H groups in total. The van der Waals surface area contributed by atoms with Crippen molar-refractivity contribution in [1.82, 2.24) is 19.7 Å². The molecule has 0 fully saturated rings. The number of nitrogens with one attached hydrogen (secondary N) is 1. The highest BCUT2D eigenvalue weighted by molar-refractivity contribution is 5.86. The maximum absolute atomic E-state index is 4.39. The maximum atomic E-state index is 4.39. The third-order valence-electron chi connectivity index (χ3n) is 3.20. The molecule has 4 heteroatoms. The standard InChI is InChI=1S/C14H16N4/c1-9(2)11-4-5-15-14-12(11)6-13(17-14)10-7-16-18(3)8-10/h4-9H,1-3H3,(H,15,17). The average Bonchev–Trinajstić information content (AvgIpc) is 2.93. The number of rotatable bonds is 2. The number of aromatic amines is 1. The zero-order valence-electron chi connectivity index (χ0n) is 10.8. The Morgan fingerprint density at radius 3 is 2.83 bits per heavy atom. The Hall–Kier alpha value is -2.10. The van der Waals surface area contributed by atoms with E-state index >= 15 is 0 Å². The monoisotopic (exact) mass is 240 g/mol. The van der Waals surface area contributed by atoms with Crippen LogP contribution in [-0.4, -0.2) is 19.7 Å². The highest BCUT2D eigenvalue weighted by Gasteiger charge is 2.10. The normalized spacial score (nSPS) is 11.6. The van der Waals surface area contributed by atoms with Crippen molar-refractivity contribution in [2.45, 2.75) is 19.8 Å². The summed E-state index contributed by atoms with van der Waals surface area (Å²) in [5, 5.41) is 5.40. The van der Waals surface area contributed by atoms with E-state index in [9.17, 15) is 0 Å². The van der Waals surface area contributed by atoms with Crippen LogP contribution in [0, 0.1) is 0 Å². The SMILES string of the molecule is CC(C)c1ccnc2[nH]c(-c3cnn(C)c3)cc12. The first-order valence-electron chi connectivity index (χ1n) is 6.12.